The number of hydrogen-bond acceptors (Lipinski definition) is 3. The van der Waals surface area contributed by atoms with Gasteiger partial charge < -0.3 is 10.0 Å². The minimum absolute atomic E-state index is 0.0787. The van der Waals surface area contributed by atoms with Crippen molar-refractivity contribution in [3.05, 3.63) is 20.3 Å². The van der Waals surface area contributed by atoms with Crippen LogP contribution >= 0.6 is 27.3 Å². The van der Waals surface area contributed by atoms with Crippen LogP contribution in [0.25, 0.3) is 0 Å². The van der Waals surface area contributed by atoms with Crippen LogP contribution in [0.1, 0.15) is 21.7 Å². The summed E-state index contributed by atoms with van der Waals surface area (Å²) in [5, 5.41) is 8.90. The molecule has 1 unspecified atom stereocenters. The molecule has 1 amide bonds. The average Bonchev–Trinajstić information content (AvgIpc) is 2.84. The molecule has 1 atom stereocenters. The first-order valence-corrected chi connectivity index (χ1v) is 6.88. The number of rotatable bonds is 2. The standard InChI is InChI=1S/C11H12BrNO3S/c1-6-4-8(9(12)17-6)10(14)13-3-2-7(5-13)11(15)16/h4,7H,2-3,5H2,1H3,(H,15,16). The highest BCUT2D eigenvalue weighted by Crippen LogP contribution is 2.30. The third-order valence-corrected chi connectivity index (χ3v) is 4.62. The van der Waals surface area contributed by atoms with Gasteiger partial charge in [-0.1, -0.05) is 0 Å². The van der Waals surface area contributed by atoms with Crippen LogP contribution in [0.15, 0.2) is 9.85 Å². The highest BCUT2D eigenvalue weighted by Gasteiger charge is 2.32. The van der Waals surface area contributed by atoms with Crippen molar-refractivity contribution in [2.45, 2.75) is 13.3 Å². The van der Waals surface area contributed by atoms with Crippen molar-refractivity contribution in [1.82, 2.24) is 4.90 Å². The predicted octanol–water partition coefficient (Wildman–Crippen LogP) is 2.37. The first-order chi connectivity index (χ1) is 7.99. The number of carbonyl (C=O) groups excluding carboxylic acids is 1. The van der Waals surface area contributed by atoms with Crippen LogP contribution in [0.2, 0.25) is 0 Å². The Labute approximate surface area is 111 Å². The number of aliphatic carboxylic acids is 1. The van der Waals surface area contributed by atoms with E-state index in [2.05, 4.69) is 15.9 Å². The van der Waals surface area contributed by atoms with E-state index in [0.29, 0.717) is 25.1 Å². The van der Waals surface area contributed by atoms with Crippen LogP contribution in [-0.4, -0.2) is 35.0 Å². The maximum Gasteiger partial charge on any atom is 0.308 e. The van der Waals surface area contributed by atoms with Gasteiger partial charge in [0.1, 0.15) is 0 Å². The van der Waals surface area contributed by atoms with E-state index in [1.54, 1.807) is 4.90 Å². The number of carbonyl (C=O) groups is 2. The van der Waals surface area contributed by atoms with Gasteiger partial charge in [-0.05, 0) is 35.3 Å². The molecule has 1 fully saturated rings. The Morgan fingerprint density at radius 2 is 2.29 bits per heavy atom. The molecule has 92 valence electrons. The number of carboxylic acids is 1. The maximum absolute atomic E-state index is 12.2. The fraction of sp³-hybridized carbons (Fsp3) is 0.455. The zero-order chi connectivity index (χ0) is 12.6. The molecular weight excluding hydrogens is 306 g/mol. The smallest absolute Gasteiger partial charge is 0.308 e. The molecule has 0 spiro atoms. The second kappa shape index (κ2) is 4.78. The number of hydrogen-bond donors (Lipinski definition) is 1. The normalized spacial score (nSPS) is 19.6. The van der Waals surface area contributed by atoms with E-state index in [1.165, 1.54) is 11.3 Å². The van der Waals surface area contributed by atoms with Gasteiger partial charge in [-0.25, -0.2) is 0 Å². The summed E-state index contributed by atoms with van der Waals surface area (Å²) < 4.78 is 0.818. The van der Waals surface area contributed by atoms with E-state index in [-0.39, 0.29) is 5.91 Å². The minimum Gasteiger partial charge on any atom is -0.481 e. The molecule has 2 heterocycles. The van der Waals surface area contributed by atoms with E-state index in [0.717, 1.165) is 8.66 Å². The second-order valence-corrected chi connectivity index (χ2v) is 6.69. The lowest BCUT2D eigenvalue weighted by molar-refractivity contribution is -0.141. The van der Waals surface area contributed by atoms with Gasteiger partial charge in [0.05, 0.1) is 15.3 Å². The minimum atomic E-state index is -0.819. The number of likely N-dealkylation sites (tertiary alicyclic amines) is 1. The molecule has 1 aromatic heterocycles. The fourth-order valence-corrected chi connectivity index (χ4v) is 3.71. The van der Waals surface area contributed by atoms with Crippen LogP contribution in [0.3, 0.4) is 0 Å². The Morgan fingerprint density at radius 1 is 1.59 bits per heavy atom. The molecule has 1 N–H and O–H groups in total. The molecule has 0 saturated carbocycles. The Bertz CT molecular complexity index is 471. The molecule has 2 rings (SSSR count). The molecule has 0 aliphatic carbocycles. The van der Waals surface area contributed by atoms with Crippen LogP contribution in [0.4, 0.5) is 0 Å². The zero-order valence-electron chi connectivity index (χ0n) is 9.27. The Balaban J connectivity index is 2.12. The molecule has 0 aromatic carbocycles. The van der Waals surface area contributed by atoms with Crippen LogP contribution in [0.5, 0.6) is 0 Å². The molecule has 17 heavy (non-hydrogen) atoms. The number of halogens is 1. The van der Waals surface area contributed by atoms with Gasteiger partial charge >= 0.3 is 5.97 Å². The lowest BCUT2D eigenvalue weighted by Gasteiger charge is -2.15. The van der Waals surface area contributed by atoms with Gasteiger partial charge in [0.2, 0.25) is 0 Å². The topological polar surface area (TPSA) is 57.6 Å². The third kappa shape index (κ3) is 2.52. The first-order valence-electron chi connectivity index (χ1n) is 5.27. The largest absolute Gasteiger partial charge is 0.481 e. The van der Waals surface area contributed by atoms with Gasteiger partial charge in [0.15, 0.2) is 0 Å². The van der Waals surface area contributed by atoms with Gasteiger partial charge in [0, 0.05) is 18.0 Å². The van der Waals surface area contributed by atoms with Crippen molar-refractivity contribution in [3.8, 4) is 0 Å². The van der Waals surface area contributed by atoms with E-state index in [1.807, 2.05) is 13.0 Å². The van der Waals surface area contributed by atoms with Gasteiger partial charge in [-0.2, -0.15) is 0 Å². The van der Waals surface area contributed by atoms with Gasteiger partial charge in [-0.15, -0.1) is 11.3 Å². The number of aryl methyl sites for hydroxylation is 1. The molecule has 1 aromatic rings. The van der Waals surface area contributed by atoms with Crippen molar-refractivity contribution in [2.75, 3.05) is 13.1 Å². The van der Waals surface area contributed by atoms with E-state index in [4.69, 9.17) is 5.11 Å². The van der Waals surface area contributed by atoms with E-state index in [9.17, 15) is 9.59 Å². The highest BCUT2D eigenvalue weighted by molar-refractivity contribution is 9.11. The van der Waals surface area contributed by atoms with Crippen LogP contribution < -0.4 is 0 Å². The van der Waals surface area contributed by atoms with Crippen molar-refractivity contribution in [3.63, 3.8) is 0 Å². The number of carboxylic acid groups (broad SMARTS) is 1. The van der Waals surface area contributed by atoms with Crippen molar-refractivity contribution < 1.29 is 14.7 Å². The quantitative estimate of drug-likeness (QED) is 0.911. The third-order valence-electron chi connectivity index (χ3n) is 2.87. The molecule has 6 heteroatoms. The van der Waals surface area contributed by atoms with Crippen molar-refractivity contribution >= 4 is 39.1 Å². The molecule has 0 bridgehead atoms. The van der Waals surface area contributed by atoms with Gasteiger partial charge in [-0.3, -0.25) is 9.59 Å². The zero-order valence-corrected chi connectivity index (χ0v) is 11.7. The van der Waals surface area contributed by atoms with Crippen LogP contribution in [-0.2, 0) is 4.79 Å². The molecular formula is C11H12BrNO3S. The Hall–Kier alpha value is -0.880. The lowest BCUT2D eigenvalue weighted by atomic mass is 10.1. The summed E-state index contributed by atoms with van der Waals surface area (Å²) in [4.78, 5) is 25.7. The summed E-state index contributed by atoms with van der Waals surface area (Å²) in [6, 6.07) is 1.84. The molecule has 0 radical (unpaired) electrons. The fourth-order valence-electron chi connectivity index (χ4n) is 1.95. The lowest BCUT2D eigenvalue weighted by Crippen LogP contribution is -2.29. The second-order valence-electron chi connectivity index (χ2n) is 4.12. The Kier molecular flexibility index (Phi) is 3.53. The number of amides is 1. The molecule has 1 aliphatic rings. The Morgan fingerprint density at radius 3 is 2.76 bits per heavy atom. The summed E-state index contributed by atoms with van der Waals surface area (Å²) in [7, 11) is 0. The molecule has 1 saturated heterocycles. The first kappa shape index (κ1) is 12.6. The summed E-state index contributed by atoms with van der Waals surface area (Å²) >= 11 is 4.88. The highest BCUT2D eigenvalue weighted by atomic mass is 79.9. The average molecular weight is 318 g/mol. The maximum atomic E-state index is 12.2. The summed E-state index contributed by atoms with van der Waals surface area (Å²) in [5.74, 6) is -1.32. The SMILES string of the molecule is Cc1cc(C(=O)N2CCC(C(=O)O)C2)c(Br)s1. The van der Waals surface area contributed by atoms with E-state index < -0.39 is 11.9 Å². The molecule has 1 aliphatic heterocycles. The predicted molar refractivity (Wildman–Crippen MR) is 68.4 cm³/mol. The monoisotopic (exact) mass is 317 g/mol. The number of nitrogens with zero attached hydrogens (tertiary/aromatic N) is 1. The van der Waals surface area contributed by atoms with E-state index >= 15 is 0 Å². The molecule has 4 nitrogen and oxygen atoms in total. The van der Waals surface area contributed by atoms with Crippen molar-refractivity contribution in [1.29, 1.82) is 0 Å². The van der Waals surface area contributed by atoms with Crippen LogP contribution in [0, 0.1) is 12.8 Å². The van der Waals surface area contributed by atoms with Crippen molar-refractivity contribution in [2.24, 2.45) is 5.92 Å². The summed E-state index contributed by atoms with van der Waals surface area (Å²) in [5.41, 5.74) is 0.638. The van der Waals surface area contributed by atoms with Gasteiger partial charge in [0.25, 0.3) is 5.91 Å². The summed E-state index contributed by atoms with van der Waals surface area (Å²) in [6.07, 6.45) is 0.543. The summed E-state index contributed by atoms with van der Waals surface area (Å²) in [6.45, 7) is 2.78. The number of thiophene rings is 1.